The van der Waals surface area contributed by atoms with Crippen LogP contribution in [-0.4, -0.2) is 26.5 Å². The highest BCUT2D eigenvalue weighted by atomic mass is 79.9. The summed E-state index contributed by atoms with van der Waals surface area (Å²) in [5.74, 6) is 0.0123. The van der Waals surface area contributed by atoms with E-state index in [0.29, 0.717) is 25.1 Å². The number of hydrogen-bond donors (Lipinski definition) is 1. The van der Waals surface area contributed by atoms with Gasteiger partial charge in [-0.2, -0.15) is 0 Å². The predicted octanol–water partition coefficient (Wildman–Crippen LogP) is 2.50. The zero-order valence-electron chi connectivity index (χ0n) is 10.2. The van der Waals surface area contributed by atoms with Crippen LogP contribution >= 0.6 is 15.9 Å². The number of benzene rings is 1. The molecule has 1 aromatic carbocycles. The second-order valence-corrected chi connectivity index (χ2v) is 7.28. The fraction of sp³-hybridized carbons (Fsp3) is 0.500. The molecule has 0 unspecified atom stereocenters. The number of rotatable bonds is 7. The minimum absolute atomic E-state index is 0.0937. The summed E-state index contributed by atoms with van der Waals surface area (Å²) in [5, 5.41) is 2.94. The summed E-state index contributed by atoms with van der Waals surface area (Å²) in [6.07, 6.45) is 0.628. The molecule has 1 rings (SSSR count). The lowest BCUT2D eigenvalue weighted by molar-refractivity contribution is 0.581. The zero-order chi connectivity index (χ0) is 13.6. The maximum Gasteiger partial charge on any atom is 0.151 e. The molecule has 102 valence electrons. The van der Waals surface area contributed by atoms with Gasteiger partial charge in [0.15, 0.2) is 9.84 Å². The lowest BCUT2D eigenvalue weighted by Gasteiger charge is -2.07. The van der Waals surface area contributed by atoms with Gasteiger partial charge in [-0.25, -0.2) is 12.8 Å². The molecule has 6 heteroatoms. The normalized spacial score (nSPS) is 11.7. The summed E-state index contributed by atoms with van der Waals surface area (Å²) in [5.41, 5.74) is 0.525. The molecule has 1 aromatic rings. The Morgan fingerprint density at radius 1 is 1.33 bits per heavy atom. The molecule has 0 aliphatic carbocycles. The smallest absolute Gasteiger partial charge is 0.151 e. The van der Waals surface area contributed by atoms with Gasteiger partial charge in [-0.05, 0) is 24.6 Å². The second kappa shape index (κ2) is 7.21. The molecule has 18 heavy (non-hydrogen) atoms. The fourth-order valence-corrected chi connectivity index (χ4v) is 3.23. The summed E-state index contributed by atoms with van der Waals surface area (Å²) in [7, 11) is -2.97. The van der Waals surface area contributed by atoms with E-state index in [0.717, 1.165) is 4.47 Å². The molecular formula is C12H17BrFNO2S. The molecule has 0 atom stereocenters. The molecule has 1 N–H and O–H groups in total. The van der Waals surface area contributed by atoms with Gasteiger partial charge in [-0.1, -0.05) is 22.9 Å². The van der Waals surface area contributed by atoms with Crippen molar-refractivity contribution in [1.82, 2.24) is 5.32 Å². The van der Waals surface area contributed by atoms with E-state index in [4.69, 9.17) is 0 Å². The van der Waals surface area contributed by atoms with Gasteiger partial charge in [0.05, 0.1) is 5.75 Å². The topological polar surface area (TPSA) is 46.2 Å². The van der Waals surface area contributed by atoms with Crippen LogP contribution in [0.3, 0.4) is 0 Å². The van der Waals surface area contributed by atoms with Crippen molar-refractivity contribution < 1.29 is 12.8 Å². The van der Waals surface area contributed by atoms with Crippen molar-refractivity contribution in [2.45, 2.75) is 19.9 Å². The van der Waals surface area contributed by atoms with Crippen molar-refractivity contribution >= 4 is 25.8 Å². The van der Waals surface area contributed by atoms with Gasteiger partial charge in [0, 0.05) is 28.9 Å². The van der Waals surface area contributed by atoms with Crippen LogP contribution in [0, 0.1) is 5.82 Å². The van der Waals surface area contributed by atoms with Crippen LogP contribution in [0.5, 0.6) is 0 Å². The van der Waals surface area contributed by atoms with Crippen molar-refractivity contribution in [3.05, 3.63) is 34.1 Å². The highest BCUT2D eigenvalue weighted by molar-refractivity contribution is 9.10. The van der Waals surface area contributed by atoms with Gasteiger partial charge in [0.2, 0.25) is 0 Å². The summed E-state index contributed by atoms with van der Waals surface area (Å²) in [6, 6.07) is 4.70. The first-order valence-electron chi connectivity index (χ1n) is 5.79. The van der Waals surface area contributed by atoms with Crippen molar-refractivity contribution in [1.29, 1.82) is 0 Å². The quantitative estimate of drug-likeness (QED) is 0.777. The minimum Gasteiger partial charge on any atom is -0.312 e. The Labute approximate surface area is 116 Å². The van der Waals surface area contributed by atoms with E-state index in [-0.39, 0.29) is 17.3 Å². The average molecular weight is 338 g/mol. The fourth-order valence-electron chi connectivity index (χ4n) is 1.54. The lowest BCUT2D eigenvalue weighted by Crippen LogP contribution is -2.24. The molecule has 0 aliphatic heterocycles. The van der Waals surface area contributed by atoms with E-state index < -0.39 is 9.84 Å². The molecule has 0 saturated carbocycles. The minimum atomic E-state index is -2.97. The maximum atomic E-state index is 13.4. The van der Waals surface area contributed by atoms with Gasteiger partial charge in [-0.3, -0.25) is 0 Å². The molecule has 0 heterocycles. The average Bonchev–Trinajstić information content (AvgIpc) is 2.29. The monoisotopic (exact) mass is 337 g/mol. The molecule has 0 amide bonds. The van der Waals surface area contributed by atoms with E-state index in [1.54, 1.807) is 12.1 Å². The third-order valence-electron chi connectivity index (χ3n) is 2.43. The zero-order valence-corrected chi connectivity index (χ0v) is 12.7. The SMILES string of the molecule is CCCS(=O)(=O)CCNCc1cc(Br)ccc1F. The Hall–Kier alpha value is -0.460. The van der Waals surface area contributed by atoms with Crippen molar-refractivity contribution in [2.24, 2.45) is 0 Å². The Kier molecular flexibility index (Phi) is 6.25. The molecule has 0 aromatic heterocycles. The van der Waals surface area contributed by atoms with Gasteiger partial charge in [0.25, 0.3) is 0 Å². The van der Waals surface area contributed by atoms with Gasteiger partial charge >= 0.3 is 0 Å². The Bertz CT molecular complexity index is 491. The van der Waals surface area contributed by atoms with E-state index in [1.807, 2.05) is 6.92 Å². The molecule has 0 bridgehead atoms. The van der Waals surface area contributed by atoms with Crippen LogP contribution in [-0.2, 0) is 16.4 Å². The van der Waals surface area contributed by atoms with Gasteiger partial charge in [0.1, 0.15) is 5.82 Å². The third kappa shape index (κ3) is 5.46. The first kappa shape index (κ1) is 15.6. The second-order valence-electron chi connectivity index (χ2n) is 4.06. The number of sulfone groups is 1. The predicted molar refractivity (Wildman–Crippen MR) is 74.8 cm³/mol. The standard InChI is InChI=1S/C12H17BrFNO2S/c1-2-6-18(16,17)7-5-15-9-10-8-11(13)3-4-12(10)14/h3-4,8,15H,2,5-7,9H2,1H3. The maximum absolute atomic E-state index is 13.4. The highest BCUT2D eigenvalue weighted by Crippen LogP contribution is 2.15. The summed E-state index contributed by atoms with van der Waals surface area (Å²) in [4.78, 5) is 0. The number of nitrogens with one attached hydrogen (secondary N) is 1. The molecule has 0 spiro atoms. The van der Waals surface area contributed by atoms with Gasteiger partial charge in [-0.15, -0.1) is 0 Å². The van der Waals surface area contributed by atoms with E-state index >= 15 is 0 Å². The van der Waals surface area contributed by atoms with Crippen LogP contribution in [0.4, 0.5) is 4.39 Å². The van der Waals surface area contributed by atoms with Crippen molar-refractivity contribution in [3.8, 4) is 0 Å². The largest absolute Gasteiger partial charge is 0.312 e. The first-order chi connectivity index (χ1) is 8.44. The van der Waals surface area contributed by atoms with Crippen LogP contribution in [0.15, 0.2) is 22.7 Å². The van der Waals surface area contributed by atoms with Crippen molar-refractivity contribution in [3.63, 3.8) is 0 Å². The van der Waals surface area contributed by atoms with Crippen molar-refractivity contribution in [2.75, 3.05) is 18.1 Å². The molecule has 0 saturated heterocycles. The first-order valence-corrected chi connectivity index (χ1v) is 8.41. The molecule has 0 aliphatic rings. The van der Waals surface area contributed by atoms with E-state index in [1.165, 1.54) is 6.07 Å². The third-order valence-corrected chi connectivity index (χ3v) is 4.78. The molecule has 0 radical (unpaired) electrons. The van der Waals surface area contributed by atoms with Gasteiger partial charge < -0.3 is 5.32 Å². The Morgan fingerprint density at radius 2 is 2.06 bits per heavy atom. The molecule has 3 nitrogen and oxygen atoms in total. The Balaban J connectivity index is 2.40. The lowest BCUT2D eigenvalue weighted by atomic mass is 10.2. The van der Waals surface area contributed by atoms with E-state index in [2.05, 4.69) is 21.2 Å². The van der Waals surface area contributed by atoms with Crippen LogP contribution in [0.25, 0.3) is 0 Å². The van der Waals surface area contributed by atoms with Crippen LogP contribution in [0.2, 0.25) is 0 Å². The summed E-state index contributed by atoms with van der Waals surface area (Å²) >= 11 is 3.27. The number of halogens is 2. The number of hydrogen-bond acceptors (Lipinski definition) is 3. The van der Waals surface area contributed by atoms with E-state index in [9.17, 15) is 12.8 Å². The van der Waals surface area contributed by atoms with Crippen LogP contribution in [0.1, 0.15) is 18.9 Å². The highest BCUT2D eigenvalue weighted by Gasteiger charge is 2.08. The molecule has 0 fully saturated rings. The molecular weight excluding hydrogens is 321 g/mol. The summed E-state index contributed by atoms with van der Waals surface area (Å²) in [6.45, 7) is 2.50. The summed E-state index contributed by atoms with van der Waals surface area (Å²) < 4.78 is 37.1. The Morgan fingerprint density at radius 3 is 2.72 bits per heavy atom. The van der Waals surface area contributed by atoms with Crippen LogP contribution < -0.4 is 5.32 Å².